The molecule has 1 aromatic carbocycles. The predicted molar refractivity (Wildman–Crippen MR) is 35.7 cm³/mol. The summed E-state index contributed by atoms with van der Waals surface area (Å²) in [6.45, 7) is 0. The summed E-state index contributed by atoms with van der Waals surface area (Å²) in [5, 5.41) is 16.4. The summed E-state index contributed by atoms with van der Waals surface area (Å²) in [5.74, 6) is -4.36. The molecule has 1 aromatic rings. The van der Waals surface area contributed by atoms with Gasteiger partial charge in [-0.15, -0.1) is 0 Å². The Bertz CT molecular complexity index is 440. The Labute approximate surface area is 71.4 Å². The van der Waals surface area contributed by atoms with Crippen molar-refractivity contribution in [2.75, 3.05) is 0 Å². The number of hydrogen-bond acceptors (Lipinski definition) is 2. The number of halogens is 3. The van der Waals surface area contributed by atoms with Crippen LogP contribution in [0.25, 0.3) is 0 Å². The van der Waals surface area contributed by atoms with Crippen molar-refractivity contribution in [3.8, 4) is 12.1 Å². The predicted octanol–water partition coefficient (Wildman–Crippen LogP) is 1.85. The molecule has 0 saturated carbocycles. The molecule has 0 spiro atoms. The highest BCUT2D eigenvalue weighted by Gasteiger charge is 2.17. The largest absolute Gasteiger partial charge is 0.205 e. The molecule has 0 aliphatic heterocycles. The molecule has 0 heterocycles. The van der Waals surface area contributed by atoms with Crippen molar-refractivity contribution in [3.63, 3.8) is 0 Å². The highest BCUT2D eigenvalue weighted by molar-refractivity contribution is 5.40. The molecule has 0 bridgehead atoms. The quantitative estimate of drug-likeness (QED) is 0.574. The molecular formula is C8HF3N2. The lowest BCUT2D eigenvalue weighted by atomic mass is 10.1. The fraction of sp³-hybridized carbons (Fsp3) is 0. The van der Waals surface area contributed by atoms with Crippen LogP contribution in [0, 0.1) is 40.1 Å². The van der Waals surface area contributed by atoms with Gasteiger partial charge in [0.1, 0.15) is 23.5 Å². The highest BCUT2D eigenvalue weighted by atomic mass is 19.2. The Kier molecular flexibility index (Phi) is 2.21. The summed E-state index contributed by atoms with van der Waals surface area (Å²) in [6.07, 6.45) is 0. The molecule has 5 heteroatoms. The zero-order valence-electron chi connectivity index (χ0n) is 6.11. The third-order valence-electron chi connectivity index (χ3n) is 1.39. The van der Waals surface area contributed by atoms with E-state index in [0.717, 1.165) is 6.07 Å². The van der Waals surface area contributed by atoms with Crippen molar-refractivity contribution in [2.45, 2.75) is 0 Å². The van der Waals surface area contributed by atoms with Crippen LogP contribution in [0.2, 0.25) is 0 Å². The van der Waals surface area contributed by atoms with Crippen LogP contribution >= 0.6 is 0 Å². The number of rotatable bonds is 0. The fourth-order valence-electron chi connectivity index (χ4n) is 0.779. The molecule has 0 atom stereocenters. The normalized spacial score (nSPS) is 9.00. The highest BCUT2D eigenvalue weighted by Crippen LogP contribution is 2.18. The number of nitriles is 2. The van der Waals surface area contributed by atoms with Gasteiger partial charge < -0.3 is 0 Å². The Balaban J connectivity index is 3.60. The van der Waals surface area contributed by atoms with Crippen molar-refractivity contribution < 1.29 is 13.2 Å². The van der Waals surface area contributed by atoms with Crippen LogP contribution < -0.4 is 0 Å². The van der Waals surface area contributed by atoms with Gasteiger partial charge in [-0.3, -0.25) is 0 Å². The molecule has 2 nitrogen and oxygen atoms in total. The van der Waals surface area contributed by atoms with Gasteiger partial charge in [-0.25, -0.2) is 13.2 Å². The molecule has 64 valence electrons. The second-order valence-corrected chi connectivity index (χ2v) is 2.13. The maximum Gasteiger partial charge on any atom is 0.180 e. The van der Waals surface area contributed by atoms with Gasteiger partial charge in [0.15, 0.2) is 11.6 Å². The molecular weight excluding hydrogens is 181 g/mol. The van der Waals surface area contributed by atoms with E-state index < -0.39 is 28.6 Å². The zero-order valence-corrected chi connectivity index (χ0v) is 6.11. The Hall–Kier alpha value is -2.01. The van der Waals surface area contributed by atoms with Gasteiger partial charge in [0.05, 0.1) is 5.56 Å². The molecule has 0 aliphatic rings. The van der Waals surface area contributed by atoms with Gasteiger partial charge in [0, 0.05) is 0 Å². The number of benzene rings is 1. The molecule has 1 rings (SSSR count). The Morgan fingerprint density at radius 2 is 1.62 bits per heavy atom. The summed E-state index contributed by atoms with van der Waals surface area (Å²) in [6, 6.07) is 2.90. The third-order valence-corrected chi connectivity index (χ3v) is 1.39. The molecule has 0 amide bonds. The average molecular weight is 182 g/mol. The van der Waals surface area contributed by atoms with E-state index in [1.165, 1.54) is 6.07 Å². The third kappa shape index (κ3) is 1.32. The first-order valence-corrected chi connectivity index (χ1v) is 3.09. The van der Waals surface area contributed by atoms with Crippen molar-refractivity contribution in [3.05, 3.63) is 34.6 Å². The molecule has 0 aromatic heterocycles. The Morgan fingerprint density at radius 3 is 2.08 bits per heavy atom. The van der Waals surface area contributed by atoms with Crippen LogP contribution in [0.1, 0.15) is 11.1 Å². The standard InChI is InChI=1S/C8HF3N2/c9-6-1-4(2-12)7(10)8(11)5(6)3-13/h1H. The van der Waals surface area contributed by atoms with Crippen LogP contribution in [0.5, 0.6) is 0 Å². The second-order valence-electron chi connectivity index (χ2n) is 2.13. The van der Waals surface area contributed by atoms with E-state index in [9.17, 15) is 13.2 Å². The summed E-state index contributed by atoms with van der Waals surface area (Å²) < 4.78 is 38.1. The minimum atomic E-state index is -1.63. The van der Waals surface area contributed by atoms with E-state index in [1.807, 2.05) is 0 Å². The lowest BCUT2D eigenvalue weighted by Gasteiger charge is -1.98. The SMILES string of the molecule is N#Cc1cc(F)c(C#N)c(F)c1F. The van der Waals surface area contributed by atoms with Crippen LogP contribution in [-0.2, 0) is 0 Å². The summed E-state index contributed by atoms with van der Waals surface area (Å²) in [7, 11) is 0. The topological polar surface area (TPSA) is 47.6 Å². The molecule has 0 radical (unpaired) electrons. The minimum absolute atomic E-state index is 0.483. The summed E-state index contributed by atoms with van der Waals surface area (Å²) in [4.78, 5) is 0. The van der Waals surface area contributed by atoms with Crippen molar-refractivity contribution in [2.24, 2.45) is 0 Å². The van der Waals surface area contributed by atoms with E-state index in [1.54, 1.807) is 0 Å². The van der Waals surface area contributed by atoms with Gasteiger partial charge in [-0.1, -0.05) is 0 Å². The lowest BCUT2D eigenvalue weighted by Crippen LogP contribution is -1.98. The van der Waals surface area contributed by atoms with Crippen LogP contribution in [0.3, 0.4) is 0 Å². The van der Waals surface area contributed by atoms with Crippen molar-refractivity contribution >= 4 is 0 Å². The van der Waals surface area contributed by atoms with E-state index in [-0.39, 0.29) is 0 Å². The van der Waals surface area contributed by atoms with Crippen LogP contribution in [-0.4, -0.2) is 0 Å². The first-order chi connectivity index (χ1) is 6.11. The van der Waals surface area contributed by atoms with Crippen molar-refractivity contribution in [1.29, 1.82) is 10.5 Å². The molecule has 0 N–H and O–H groups in total. The van der Waals surface area contributed by atoms with E-state index in [0.29, 0.717) is 6.07 Å². The molecule has 0 saturated heterocycles. The van der Waals surface area contributed by atoms with E-state index >= 15 is 0 Å². The zero-order chi connectivity index (χ0) is 10.0. The molecule has 0 fully saturated rings. The number of hydrogen-bond donors (Lipinski definition) is 0. The first kappa shape index (κ1) is 9.08. The van der Waals surface area contributed by atoms with Gasteiger partial charge in [-0.05, 0) is 6.07 Å². The van der Waals surface area contributed by atoms with Gasteiger partial charge >= 0.3 is 0 Å². The second kappa shape index (κ2) is 3.16. The monoisotopic (exact) mass is 182 g/mol. The van der Waals surface area contributed by atoms with Gasteiger partial charge in [0.2, 0.25) is 0 Å². The Morgan fingerprint density at radius 1 is 1.00 bits per heavy atom. The van der Waals surface area contributed by atoms with Gasteiger partial charge in [-0.2, -0.15) is 10.5 Å². The summed E-state index contributed by atoms with van der Waals surface area (Å²) in [5.41, 5.74) is -1.77. The first-order valence-electron chi connectivity index (χ1n) is 3.09. The average Bonchev–Trinajstić information content (AvgIpc) is 2.12. The molecule has 13 heavy (non-hydrogen) atoms. The van der Waals surface area contributed by atoms with E-state index in [2.05, 4.69) is 0 Å². The van der Waals surface area contributed by atoms with Crippen LogP contribution in [0.15, 0.2) is 6.07 Å². The fourth-order valence-corrected chi connectivity index (χ4v) is 0.779. The van der Waals surface area contributed by atoms with Crippen molar-refractivity contribution in [1.82, 2.24) is 0 Å². The minimum Gasteiger partial charge on any atom is -0.205 e. The van der Waals surface area contributed by atoms with Crippen LogP contribution in [0.4, 0.5) is 13.2 Å². The summed E-state index contributed by atoms with van der Waals surface area (Å²) >= 11 is 0. The maximum absolute atomic E-state index is 12.7. The molecule has 0 unspecified atom stereocenters. The smallest absolute Gasteiger partial charge is 0.180 e. The van der Waals surface area contributed by atoms with E-state index in [4.69, 9.17) is 10.5 Å². The van der Waals surface area contributed by atoms with Gasteiger partial charge in [0.25, 0.3) is 0 Å². The lowest BCUT2D eigenvalue weighted by molar-refractivity contribution is 0.489. The maximum atomic E-state index is 12.7. The number of nitrogens with zero attached hydrogens (tertiary/aromatic N) is 2. The molecule has 0 aliphatic carbocycles.